The molecule has 0 saturated carbocycles. The van der Waals surface area contributed by atoms with Crippen LogP contribution in [0.1, 0.15) is 5.56 Å². The summed E-state index contributed by atoms with van der Waals surface area (Å²) in [5.74, 6) is 0. The van der Waals surface area contributed by atoms with Gasteiger partial charge in [-0.05, 0) is 53.4 Å². The molecule has 0 bridgehead atoms. The summed E-state index contributed by atoms with van der Waals surface area (Å²) in [5, 5.41) is 2.56. The maximum Gasteiger partial charge on any atom is 0.0541 e. The van der Waals surface area contributed by atoms with Crippen molar-refractivity contribution in [3.8, 4) is 27.9 Å². The first kappa shape index (κ1) is 18.7. The molecule has 6 rings (SSSR count). The fourth-order valence-corrected chi connectivity index (χ4v) is 4.81. The number of aryl methyl sites for hydroxylation is 1. The zero-order valence-electron chi connectivity index (χ0n) is 18.0. The molecule has 0 N–H and O–H groups in total. The van der Waals surface area contributed by atoms with Crippen LogP contribution in [0, 0.1) is 6.92 Å². The van der Waals surface area contributed by atoms with Gasteiger partial charge in [-0.2, -0.15) is 0 Å². The highest BCUT2D eigenvalue weighted by Crippen LogP contribution is 2.38. The van der Waals surface area contributed by atoms with Crippen LogP contribution in [0.2, 0.25) is 0 Å². The van der Waals surface area contributed by atoms with Crippen molar-refractivity contribution in [2.45, 2.75) is 6.92 Å². The molecule has 0 radical (unpaired) electrons. The monoisotopic (exact) mass is 409 g/mol. The fraction of sp³-hybridized carbons (Fsp3) is 0.0323. The quantitative estimate of drug-likeness (QED) is 0.276. The summed E-state index contributed by atoms with van der Waals surface area (Å²) in [4.78, 5) is 0. The van der Waals surface area contributed by atoms with Gasteiger partial charge >= 0.3 is 0 Å². The molecule has 6 aromatic rings. The Hall–Kier alpha value is -4.10. The van der Waals surface area contributed by atoms with E-state index in [9.17, 15) is 0 Å². The molecule has 0 aliphatic carbocycles. The number of benzene rings is 5. The lowest BCUT2D eigenvalue weighted by molar-refractivity contribution is 1.18. The Morgan fingerprint density at radius 3 is 1.97 bits per heavy atom. The number of para-hydroxylation sites is 2. The van der Waals surface area contributed by atoms with Crippen molar-refractivity contribution in [2.75, 3.05) is 0 Å². The van der Waals surface area contributed by atoms with Gasteiger partial charge in [0.05, 0.1) is 16.7 Å². The molecule has 0 spiro atoms. The van der Waals surface area contributed by atoms with Gasteiger partial charge in [0, 0.05) is 16.3 Å². The van der Waals surface area contributed by atoms with Crippen molar-refractivity contribution in [3.05, 3.63) is 127 Å². The summed E-state index contributed by atoms with van der Waals surface area (Å²) in [7, 11) is 0. The van der Waals surface area contributed by atoms with Gasteiger partial charge in [0.1, 0.15) is 0 Å². The van der Waals surface area contributed by atoms with Gasteiger partial charge in [-0.25, -0.2) is 0 Å². The molecule has 152 valence electrons. The van der Waals surface area contributed by atoms with Crippen molar-refractivity contribution in [1.82, 2.24) is 4.57 Å². The molecule has 0 amide bonds. The van der Waals surface area contributed by atoms with E-state index in [0.717, 1.165) is 0 Å². The molecular formula is C31H23N. The van der Waals surface area contributed by atoms with Crippen molar-refractivity contribution < 1.29 is 0 Å². The third-order valence-corrected chi connectivity index (χ3v) is 6.36. The Kier molecular flexibility index (Phi) is 4.40. The second-order valence-electron chi connectivity index (χ2n) is 8.28. The Labute approximate surface area is 188 Å². The van der Waals surface area contributed by atoms with Crippen LogP contribution in [0.15, 0.2) is 121 Å². The molecule has 1 heterocycles. The second-order valence-corrected chi connectivity index (χ2v) is 8.28. The molecular weight excluding hydrogens is 386 g/mol. The number of fused-ring (bicyclic) bond motifs is 3. The van der Waals surface area contributed by atoms with Gasteiger partial charge in [0.15, 0.2) is 0 Å². The fourth-order valence-electron chi connectivity index (χ4n) is 4.81. The van der Waals surface area contributed by atoms with Crippen LogP contribution in [-0.4, -0.2) is 4.57 Å². The van der Waals surface area contributed by atoms with Crippen LogP contribution in [-0.2, 0) is 0 Å². The normalized spacial score (nSPS) is 11.3. The van der Waals surface area contributed by atoms with Crippen LogP contribution >= 0.6 is 0 Å². The molecule has 0 atom stereocenters. The highest BCUT2D eigenvalue weighted by Gasteiger charge is 2.16. The van der Waals surface area contributed by atoms with E-state index in [-0.39, 0.29) is 0 Å². The summed E-state index contributed by atoms with van der Waals surface area (Å²) in [5.41, 5.74) is 9.96. The Balaban J connectivity index is 1.67. The molecule has 1 nitrogen and oxygen atoms in total. The van der Waals surface area contributed by atoms with E-state index in [1.807, 2.05) is 0 Å². The number of aromatic nitrogens is 1. The average molecular weight is 410 g/mol. The lowest BCUT2D eigenvalue weighted by Gasteiger charge is -2.15. The van der Waals surface area contributed by atoms with Gasteiger partial charge in [-0.1, -0.05) is 97.1 Å². The van der Waals surface area contributed by atoms with Crippen LogP contribution in [0.4, 0.5) is 0 Å². The average Bonchev–Trinajstić information content (AvgIpc) is 3.18. The predicted molar refractivity (Wildman–Crippen MR) is 136 cm³/mol. The summed E-state index contributed by atoms with van der Waals surface area (Å²) in [6.45, 7) is 2.18. The predicted octanol–water partition coefficient (Wildman–Crippen LogP) is 8.43. The first-order valence-corrected chi connectivity index (χ1v) is 11.1. The lowest BCUT2D eigenvalue weighted by Crippen LogP contribution is -1.97. The van der Waals surface area contributed by atoms with Crippen molar-refractivity contribution >= 4 is 21.8 Å². The minimum atomic E-state index is 1.21. The van der Waals surface area contributed by atoms with Crippen molar-refractivity contribution in [2.24, 2.45) is 0 Å². The highest BCUT2D eigenvalue weighted by molar-refractivity contribution is 6.11. The molecule has 1 aromatic heterocycles. The van der Waals surface area contributed by atoms with Crippen LogP contribution in [0.5, 0.6) is 0 Å². The van der Waals surface area contributed by atoms with Crippen molar-refractivity contribution in [3.63, 3.8) is 0 Å². The first-order chi connectivity index (χ1) is 15.8. The Morgan fingerprint density at radius 2 is 1.12 bits per heavy atom. The zero-order valence-corrected chi connectivity index (χ0v) is 18.0. The standard InChI is InChI=1S/C31H23N/c1-22-11-5-6-14-25(22)26-15-7-9-17-29(26)32-30-18-10-8-16-27(30)28-21-24(19-20-31(28)32)23-12-3-2-4-13-23/h2-21H,1H3. The van der Waals surface area contributed by atoms with Crippen LogP contribution in [0.25, 0.3) is 49.7 Å². The topological polar surface area (TPSA) is 4.93 Å². The van der Waals surface area contributed by atoms with Gasteiger partial charge in [-0.3, -0.25) is 0 Å². The van der Waals surface area contributed by atoms with E-state index in [0.29, 0.717) is 0 Å². The smallest absolute Gasteiger partial charge is 0.0541 e. The minimum Gasteiger partial charge on any atom is -0.309 e. The third-order valence-electron chi connectivity index (χ3n) is 6.36. The van der Waals surface area contributed by atoms with Crippen molar-refractivity contribution in [1.29, 1.82) is 0 Å². The Bertz CT molecular complexity index is 1570. The van der Waals surface area contributed by atoms with E-state index in [2.05, 4.69) is 133 Å². The number of rotatable bonds is 3. The second kappa shape index (κ2) is 7.55. The molecule has 0 saturated heterocycles. The largest absolute Gasteiger partial charge is 0.309 e. The maximum absolute atomic E-state index is 2.42. The zero-order chi connectivity index (χ0) is 21.5. The summed E-state index contributed by atoms with van der Waals surface area (Å²) in [6.07, 6.45) is 0. The highest BCUT2D eigenvalue weighted by atomic mass is 15.0. The van der Waals surface area contributed by atoms with Crippen LogP contribution < -0.4 is 0 Å². The molecule has 0 aliphatic rings. The SMILES string of the molecule is Cc1ccccc1-c1ccccc1-n1c2ccccc2c2cc(-c3ccccc3)ccc21. The third kappa shape index (κ3) is 2.94. The molecule has 0 unspecified atom stereocenters. The number of hydrogen-bond donors (Lipinski definition) is 0. The van der Waals surface area contributed by atoms with Crippen LogP contribution in [0.3, 0.4) is 0 Å². The molecule has 1 heteroatoms. The van der Waals surface area contributed by atoms with Gasteiger partial charge in [0.25, 0.3) is 0 Å². The van der Waals surface area contributed by atoms with E-state index in [4.69, 9.17) is 0 Å². The van der Waals surface area contributed by atoms with Gasteiger partial charge in [-0.15, -0.1) is 0 Å². The summed E-state index contributed by atoms with van der Waals surface area (Å²) >= 11 is 0. The maximum atomic E-state index is 2.42. The first-order valence-electron chi connectivity index (χ1n) is 11.1. The molecule has 0 aliphatic heterocycles. The van der Waals surface area contributed by atoms with E-state index in [1.54, 1.807) is 0 Å². The molecule has 0 fully saturated rings. The van der Waals surface area contributed by atoms with E-state index >= 15 is 0 Å². The molecule has 5 aromatic carbocycles. The molecule has 32 heavy (non-hydrogen) atoms. The van der Waals surface area contributed by atoms with E-state index < -0.39 is 0 Å². The number of nitrogens with zero attached hydrogens (tertiary/aromatic N) is 1. The minimum absolute atomic E-state index is 1.21. The van der Waals surface area contributed by atoms with Gasteiger partial charge in [0.2, 0.25) is 0 Å². The summed E-state index contributed by atoms with van der Waals surface area (Å²) in [6, 6.07) is 43.5. The number of hydrogen-bond acceptors (Lipinski definition) is 0. The lowest BCUT2D eigenvalue weighted by atomic mass is 9.99. The van der Waals surface area contributed by atoms with Gasteiger partial charge < -0.3 is 4.57 Å². The summed E-state index contributed by atoms with van der Waals surface area (Å²) < 4.78 is 2.42. The van der Waals surface area contributed by atoms with E-state index in [1.165, 1.54) is 55.3 Å². The Morgan fingerprint density at radius 1 is 0.469 bits per heavy atom.